The largest absolute Gasteiger partial charge is 0.462 e. The molecule has 0 rings (SSSR count). The van der Waals surface area contributed by atoms with Gasteiger partial charge in [0.25, 0.3) is 0 Å². The van der Waals surface area contributed by atoms with Gasteiger partial charge in [0.2, 0.25) is 0 Å². The summed E-state index contributed by atoms with van der Waals surface area (Å²) >= 11 is 0. The van der Waals surface area contributed by atoms with Crippen molar-refractivity contribution < 1.29 is 23.8 Å². The Labute approximate surface area is 387 Å². The van der Waals surface area contributed by atoms with Crippen molar-refractivity contribution in [3.63, 3.8) is 0 Å². The van der Waals surface area contributed by atoms with Gasteiger partial charge < -0.3 is 14.2 Å². The summed E-state index contributed by atoms with van der Waals surface area (Å²) in [6, 6.07) is 0. The molecule has 0 saturated carbocycles. The number of rotatable bonds is 52. The number of allylic oxidation sites excluding steroid dienone is 4. The Morgan fingerprint density at radius 1 is 0.355 bits per heavy atom. The van der Waals surface area contributed by atoms with Crippen molar-refractivity contribution in [3.05, 3.63) is 24.3 Å². The molecule has 1 atom stereocenters. The van der Waals surface area contributed by atoms with Crippen LogP contribution in [0.2, 0.25) is 0 Å². The van der Waals surface area contributed by atoms with Crippen molar-refractivity contribution in [2.75, 3.05) is 19.8 Å². The van der Waals surface area contributed by atoms with Crippen LogP contribution in [0.15, 0.2) is 24.3 Å². The van der Waals surface area contributed by atoms with E-state index in [9.17, 15) is 9.59 Å². The lowest BCUT2D eigenvalue weighted by Crippen LogP contribution is -2.30. The molecule has 0 aromatic heterocycles. The highest BCUT2D eigenvalue weighted by Crippen LogP contribution is 2.17. The first-order chi connectivity index (χ1) is 30.6. The Morgan fingerprint density at radius 2 is 0.710 bits per heavy atom. The summed E-state index contributed by atoms with van der Waals surface area (Å²) in [5, 5.41) is 0. The maximum Gasteiger partial charge on any atom is 0.306 e. The van der Waals surface area contributed by atoms with Crippen LogP contribution >= 0.6 is 0 Å². The van der Waals surface area contributed by atoms with E-state index in [0.29, 0.717) is 19.4 Å². The van der Waals surface area contributed by atoms with Crippen molar-refractivity contribution in [1.29, 1.82) is 0 Å². The van der Waals surface area contributed by atoms with Gasteiger partial charge in [-0.05, 0) is 44.9 Å². The van der Waals surface area contributed by atoms with Crippen molar-refractivity contribution >= 4 is 11.9 Å². The van der Waals surface area contributed by atoms with Gasteiger partial charge in [0.1, 0.15) is 6.61 Å². The molecule has 0 aliphatic carbocycles. The van der Waals surface area contributed by atoms with Crippen molar-refractivity contribution in [1.82, 2.24) is 0 Å². The number of hydrogen-bond acceptors (Lipinski definition) is 5. The minimum atomic E-state index is -0.534. The molecule has 0 aromatic rings. The predicted octanol–water partition coefficient (Wildman–Crippen LogP) is 18.8. The molecule has 0 aliphatic heterocycles. The normalized spacial score (nSPS) is 12.2. The van der Waals surface area contributed by atoms with Gasteiger partial charge in [0.05, 0.1) is 6.61 Å². The summed E-state index contributed by atoms with van der Waals surface area (Å²) in [5.41, 5.74) is 0. The van der Waals surface area contributed by atoms with E-state index in [2.05, 4.69) is 45.1 Å². The van der Waals surface area contributed by atoms with E-state index in [1.54, 1.807) is 0 Å². The number of carbonyl (C=O) groups is 2. The van der Waals surface area contributed by atoms with Gasteiger partial charge in [0.15, 0.2) is 6.10 Å². The van der Waals surface area contributed by atoms with Crippen LogP contribution in [0, 0.1) is 0 Å². The zero-order valence-corrected chi connectivity index (χ0v) is 42.2. The number of carbonyl (C=O) groups excluding carboxylic acids is 2. The number of hydrogen-bond donors (Lipinski definition) is 0. The lowest BCUT2D eigenvalue weighted by atomic mass is 10.0. The molecule has 0 radical (unpaired) electrons. The first-order valence-corrected chi connectivity index (χ1v) is 27.9. The fourth-order valence-corrected chi connectivity index (χ4v) is 8.32. The molecule has 5 heteroatoms. The summed E-state index contributed by atoms with van der Waals surface area (Å²) in [4.78, 5) is 25.5. The monoisotopic (exact) mass is 873 g/mol. The standard InChI is InChI=1S/C57H108O5/c1-4-7-10-13-16-19-22-25-28-29-31-32-35-38-41-44-47-50-56(58)61-54-55(53-60-52-49-46-43-40-37-34-27-24-21-18-15-12-9-6-3)62-57(59)51-48-45-42-39-36-33-30-26-23-20-17-14-11-8-5-2/h12,15,21,24,55H,4-11,13-14,16-20,22-23,25-54H2,1-3H3/b15-12-,24-21-. The van der Waals surface area contributed by atoms with Crippen LogP contribution in [0.5, 0.6) is 0 Å². The average Bonchev–Trinajstić information content (AvgIpc) is 3.27. The van der Waals surface area contributed by atoms with Crippen LogP contribution in [0.25, 0.3) is 0 Å². The minimum absolute atomic E-state index is 0.0891. The molecule has 0 spiro atoms. The second kappa shape index (κ2) is 53.7. The minimum Gasteiger partial charge on any atom is -0.462 e. The third kappa shape index (κ3) is 51.0. The van der Waals surface area contributed by atoms with Crippen LogP contribution in [0.4, 0.5) is 0 Å². The van der Waals surface area contributed by atoms with E-state index >= 15 is 0 Å². The van der Waals surface area contributed by atoms with Crippen molar-refractivity contribution in [2.24, 2.45) is 0 Å². The SMILES string of the molecule is CCC/C=C\C/C=C\CCCCCCCCOCC(COC(=O)CCCCCCCCCCCCCCCCCCC)OC(=O)CCCCCCCCCCCCCCCCC. The van der Waals surface area contributed by atoms with E-state index in [1.165, 1.54) is 225 Å². The Morgan fingerprint density at radius 3 is 1.13 bits per heavy atom. The summed E-state index contributed by atoms with van der Waals surface area (Å²) in [5.74, 6) is -0.381. The smallest absolute Gasteiger partial charge is 0.306 e. The summed E-state index contributed by atoms with van der Waals surface area (Å²) in [6.45, 7) is 7.81. The Kier molecular flexibility index (Phi) is 52.3. The molecule has 0 aromatic carbocycles. The third-order valence-corrected chi connectivity index (χ3v) is 12.5. The molecular formula is C57H108O5. The number of ether oxygens (including phenoxy) is 3. The lowest BCUT2D eigenvalue weighted by molar-refractivity contribution is -0.163. The van der Waals surface area contributed by atoms with Crippen LogP contribution in [0.3, 0.4) is 0 Å². The quantitative estimate of drug-likeness (QED) is 0.0346. The molecule has 0 aliphatic rings. The Balaban J connectivity index is 4.21. The lowest BCUT2D eigenvalue weighted by Gasteiger charge is -2.18. The molecular weight excluding hydrogens is 765 g/mol. The van der Waals surface area contributed by atoms with Gasteiger partial charge in [-0.15, -0.1) is 0 Å². The van der Waals surface area contributed by atoms with Gasteiger partial charge in [-0.3, -0.25) is 9.59 Å². The molecule has 0 bridgehead atoms. The van der Waals surface area contributed by atoms with Crippen molar-refractivity contribution in [2.45, 2.75) is 309 Å². The molecule has 0 amide bonds. The predicted molar refractivity (Wildman–Crippen MR) is 270 cm³/mol. The second-order valence-electron chi connectivity index (χ2n) is 18.9. The van der Waals surface area contributed by atoms with Gasteiger partial charge in [0, 0.05) is 19.4 Å². The van der Waals surface area contributed by atoms with Crippen LogP contribution < -0.4 is 0 Å². The highest BCUT2D eigenvalue weighted by molar-refractivity contribution is 5.70. The second-order valence-corrected chi connectivity index (χ2v) is 18.9. The van der Waals surface area contributed by atoms with Crippen LogP contribution in [-0.4, -0.2) is 37.9 Å². The maximum atomic E-state index is 12.8. The fraction of sp³-hybridized carbons (Fsp3) is 0.895. The van der Waals surface area contributed by atoms with Crippen LogP contribution in [-0.2, 0) is 23.8 Å². The summed E-state index contributed by atoms with van der Waals surface area (Å²) in [6.07, 6.45) is 63.3. The van der Waals surface area contributed by atoms with E-state index in [-0.39, 0.29) is 25.2 Å². The molecule has 1 unspecified atom stereocenters. The molecule has 0 heterocycles. The van der Waals surface area contributed by atoms with E-state index in [0.717, 1.165) is 44.9 Å². The fourth-order valence-electron chi connectivity index (χ4n) is 8.32. The number of esters is 2. The van der Waals surface area contributed by atoms with E-state index in [1.807, 2.05) is 0 Å². The summed E-state index contributed by atoms with van der Waals surface area (Å²) < 4.78 is 17.5. The van der Waals surface area contributed by atoms with Crippen LogP contribution in [0.1, 0.15) is 303 Å². The Hall–Kier alpha value is -1.62. The van der Waals surface area contributed by atoms with E-state index < -0.39 is 6.10 Å². The third-order valence-electron chi connectivity index (χ3n) is 12.5. The highest BCUT2D eigenvalue weighted by Gasteiger charge is 2.17. The summed E-state index contributed by atoms with van der Waals surface area (Å²) in [7, 11) is 0. The Bertz CT molecular complexity index is 943. The first-order valence-electron chi connectivity index (χ1n) is 27.9. The molecule has 62 heavy (non-hydrogen) atoms. The highest BCUT2D eigenvalue weighted by atomic mass is 16.6. The molecule has 366 valence electrons. The molecule has 0 N–H and O–H groups in total. The van der Waals surface area contributed by atoms with Gasteiger partial charge in [-0.1, -0.05) is 270 Å². The number of unbranched alkanes of at least 4 members (excludes halogenated alkanes) is 37. The zero-order chi connectivity index (χ0) is 44.9. The average molecular weight is 873 g/mol. The van der Waals surface area contributed by atoms with Gasteiger partial charge in [-0.2, -0.15) is 0 Å². The maximum absolute atomic E-state index is 12.8. The molecule has 0 saturated heterocycles. The zero-order valence-electron chi connectivity index (χ0n) is 42.2. The topological polar surface area (TPSA) is 61.8 Å². The van der Waals surface area contributed by atoms with Gasteiger partial charge in [-0.25, -0.2) is 0 Å². The van der Waals surface area contributed by atoms with E-state index in [4.69, 9.17) is 14.2 Å². The first kappa shape index (κ1) is 60.4. The molecule has 0 fully saturated rings. The molecule has 5 nitrogen and oxygen atoms in total. The van der Waals surface area contributed by atoms with Gasteiger partial charge >= 0.3 is 11.9 Å². The van der Waals surface area contributed by atoms with Crippen molar-refractivity contribution in [3.8, 4) is 0 Å².